The van der Waals surface area contributed by atoms with Crippen LogP contribution in [0.5, 0.6) is 0 Å². The number of nitrogens with zero attached hydrogens (tertiary/aromatic N) is 3. The molecule has 1 unspecified atom stereocenters. The van der Waals surface area contributed by atoms with Gasteiger partial charge in [0.05, 0.1) is 11.8 Å². The van der Waals surface area contributed by atoms with E-state index in [0.717, 1.165) is 18.8 Å². The molecule has 1 aromatic heterocycles. The van der Waals surface area contributed by atoms with Crippen molar-refractivity contribution < 1.29 is 9.26 Å². The van der Waals surface area contributed by atoms with Gasteiger partial charge in [0, 0.05) is 39.4 Å². The lowest BCUT2D eigenvalue weighted by Crippen LogP contribution is -2.50. The summed E-state index contributed by atoms with van der Waals surface area (Å²) in [7, 11) is 1.62. The van der Waals surface area contributed by atoms with Crippen molar-refractivity contribution in [3.8, 4) is 6.07 Å². The maximum absolute atomic E-state index is 9.03. The fourth-order valence-corrected chi connectivity index (χ4v) is 1.91. The third-order valence-electron chi connectivity index (χ3n) is 2.76. The molecule has 1 atom stereocenters. The van der Waals surface area contributed by atoms with Gasteiger partial charge < -0.3 is 14.6 Å². The third-order valence-corrected chi connectivity index (χ3v) is 2.76. The van der Waals surface area contributed by atoms with Crippen LogP contribution in [0.1, 0.15) is 11.5 Å². The fourth-order valence-electron chi connectivity index (χ4n) is 1.91. The van der Waals surface area contributed by atoms with E-state index in [9.17, 15) is 0 Å². The van der Waals surface area contributed by atoms with Crippen LogP contribution >= 0.6 is 0 Å². The van der Waals surface area contributed by atoms with Crippen molar-refractivity contribution in [1.82, 2.24) is 15.4 Å². The van der Waals surface area contributed by atoms with Crippen LogP contribution in [0.4, 0.5) is 0 Å². The quantitative estimate of drug-likeness (QED) is 0.800. The van der Waals surface area contributed by atoms with Gasteiger partial charge in [-0.05, 0) is 0 Å². The minimum absolute atomic E-state index is 0.0914. The number of aromatic nitrogens is 1. The van der Waals surface area contributed by atoms with Gasteiger partial charge in [-0.15, -0.1) is 0 Å². The molecule has 0 amide bonds. The van der Waals surface area contributed by atoms with Crippen LogP contribution < -0.4 is 5.32 Å². The van der Waals surface area contributed by atoms with E-state index in [1.165, 1.54) is 0 Å². The number of piperazine rings is 1. The molecule has 1 aliphatic heterocycles. The molecule has 17 heavy (non-hydrogen) atoms. The van der Waals surface area contributed by atoms with Gasteiger partial charge in [0.15, 0.2) is 5.76 Å². The van der Waals surface area contributed by atoms with E-state index in [0.29, 0.717) is 25.5 Å². The Morgan fingerprint density at radius 3 is 3.41 bits per heavy atom. The normalized spacial score (nSPS) is 21.3. The summed E-state index contributed by atoms with van der Waals surface area (Å²) in [5.74, 6) is 0.714. The van der Waals surface area contributed by atoms with E-state index in [1.807, 2.05) is 6.07 Å². The minimum Gasteiger partial charge on any atom is -0.377 e. The zero-order valence-electron chi connectivity index (χ0n) is 9.85. The number of ether oxygens (including phenoxy) is 1. The summed E-state index contributed by atoms with van der Waals surface area (Å²) < 4.78 is 10.1. The second kappa shape index (κ2) is 5.77. The van der Waals surface area contributed by atoms with Crippen molar-refractivity contribution in [2.45, 2.75) is 19.2 Å². The first kappa shape index (κ1) is 12.0. The van der Waals surface area contributed by atoms with E-state index in [4.69, 9.17) is 14.5 Å². The molecule has 0 saturated carbocycles. The van der Waals surface area contributed by atoms with E-state index >= 15 is 0 Å². The summed E-state index contributed by atoms with van der Waals surface area (Å²) in [6.07, 6.45) is 0. The first-order chi connectivity index (χ1) is 8.33. The number of rotatable bonds is 4. The third kappa shape index (κ3) is 3.03. The molecule has 6 nitrogen and oxygen atoms in total. The molecular formula is C11H16N4O2. The zero-order chi connectivity index (χ0) is 12.1. The molecule has 2 rings (SSSR count). The highest BCUT2D eigenvalue weighted by Crippen LogP contribution is 2.11. The summed E-state index contributed by atoms with van der Waals surface area (Å²) in [6.45, 7) is 3.54. The van der Waals surface area contributed by atoms with Gasteiger partial charge in [0.2, 0.25) is 0 Å². The average molecular weight is 236 g/mol. The van der Waals surface area contributed by atoms with Gasteiger partial charge in [-0.25, -0.2) is 0 Å². The van der Waals surface area contributed by atoms with Crippen LogP contribution in [0.3, 0.4) is 0 Å². The SMILES string of the molecule is COCc1cc(CN2CCNCC2C#N)no1. The van der Waals surface area contributed by atoms with Gasteiger partial charge in [-0.3, -0.25) is 4.90 Å². The van der Waals surface area contributed by atoms with Gasteiger partial charge >= 0.3 is 0 Å². The smallest absolute Gasteiger partial charge is 0.162 e. The van der Waals surface area contributed by atoms with Crippen LogP contribution in [0.15, 0.2) is 10.6 Å². The fraction of sp³-hybridized carbons (Fsp3) is 0.636. The largest absolute Gasteiger partial charge is 0.377 e. The average Bonchev–Trinajstić information content (AvgIpc) is 2.78. The molecule has 1 fully saturated rings. The molecule has 1 saturated heterocycles. The monoisotopic (exact) mass is 236 g/mol. The van der Waals surface area contributed by atoms with Crippen molar-refractivity contribution in [1.29, 1.82) is 5.26 Å². The van der Waals surface area contributed by atoms with Crippen LogP contribution in [0.25, 0.3) is 0 Å². The summed E-state index contributed by atoms with van der Waals surface area (Å²) in [5.41, 5.74) is 0.846. The van der Waals surface area contributed by atoms with Gasteiger partial charge in [-0.2, -0.15) is 5.26 Å². The highest BCUT2D eigenvalue weighted by atomic mass is 16.5. The number of hydrogen-bond donors (Lipinski definition) is 1. The first-order valence-corrected chi connectivity index (χ1v) is 5.61. The molecule has 6 heteroatoms. The molecule has 0 aromatic carbocycles. The highest BCUT2D eigenvalue weighted by molar-refractivity contribution is 5.06. The van der Waals surface area contributed by atoms with Crippen molar-refractivity contribution in [2.75, 3.05) is 26.7 Å². The lowest BCUT2D eigenvalue weighted by Gasteiger charge is -2.30. The summed E-state index contributed by atoms with van der Waals surface area (Å²) in [5, 5.41) is 16.2. The molecule has 0 bridgehead atoms. The van der Waals surface area contributed by atoms with Crippen molar-refractivity contribution in [3.63, 3.8) is 0 Å². The second-order valence-corrected chi connectivity index (χ2v) is 4.04. The topological polar surface area (TPSA) is 74.3 Å². The lowest BCUT2D eigenvalue weighted by molar-refractivity contribution is 0.154. The van der Waals surface area contributed by atoms with E-state index in [2.05, 4.69) is 21.4 Å². The number of hydrogen-bond acceptors (Lipinski definition) is 6. The Hall–Kier alpha value is -1.42. The Kier molecular flexibility index (Phi) is 4.09. The molecule has 1 aromatic rings. The Balaban J connectivity index is 1.96. The molecule has 0 aliphatic carbocycles. The second-order valence-electron chi connectivity index (χ2n) is 4.04. The predicted molar refractivity (Wildman–Crippen MR) is 59.9 cm³/mol. The molecule has 2 heterocycles. The maximum atomic E-state index is 9.03. The van der Waals surface area contributed by atoms with Crippen LogP contribution in [0, 0.1) is 11.3 Å². The standard InChI is InChI=1S/C11H16N4O2/c1-16-8-11-4-9(14-17-11)7-15-3-2-13-6-10(15)5-12/h4,10,13H,2-3,6-8H2,1H3. The molecule has 0 radical (unpaired) electrons. The molecule has 1 N–H and O–H groups in total. The van der Waals surface area contributed by atoms with Gasteiger partial charge in [0.25, 0.3) is 0 Å². The highest BCUT2D eigenvalue weighted by Gasteiger charge is 2.22. The minimum atomic E-state index is -0.0914. The Labute approximate surface area is 100 Å². The summed E-state index contributed by atoms with van der Waals surface area (Å²) >= 11 is 0. The molecule has 0 spiro atoms. The lowest BCUT2D eigenvalue weighted by atomic mass is 10.2. The maximum Gasteiger partial charge on any atom is 0.162 e. The van der Waals surface area contributed by atoms with Crippen LogP contribution in [0.2, 0.25) is 0 Å². The van der Waals surface area contributed by atoms with Crippen LogP contribution in [-0.2, 0) is 17.9 Å². The van der Waals surface area contributed by atoms with Gasteiger partial charge in [0.1, 0.15) is 12.6 Å². The predicted octanol–water partition coefficient (Wildman–Crippen LogP) is 0.118. The Morgan fingerprint density at radius 1 is 1.76 bits per heavy atom. The van der Waals surface area contributed by atoms with E-state index < -0.39 is 0 Å². The summed E-state index contributed by atoms with van der Waals surface area (Å²) in [6, 6.07) is 4.07. The molecular weight excluding hydrogens is 220 g/mol. The number of nitriles is 1. The van der Waals surface area contributed by atoms with Crippen molar-refractivity contribution in [3.05, 3.63) is 17.5 Å². The van der Waals surface area contributed by atoms with E-state index in [1.54, 1.807) is 7.11 Å². The Bertz CT molecular complexity index is 398. The Morgan fingerprint density at radius 2 is 2.65 bits per heavy atom. The van der Waals surface area contributed by atoms with E-state index in [-0.39, 0.29) is 6.04 Å². The number of nitrogens with one attached hydrogen (secondary N) is 1. The van der Waals surface area contributed by atoms with Crippen molar-refractivity contribution in [2.24, 2.45) is 0 Å². The zero-order valence-corrected chi connectivity index (χ0v) is 9.85. The van der Waals surface area contributed by atoms with Crippen molar-refractivity contribution >= 4 is 0 Å². The molecule has 92 valence electrons. The molecule has 1 aliphatic rings. The first-order valence-electron chi connectivity index (χ1n) is 5.61. The van der Waals surface area contributed by atoms with Crippen LogP contribution in [-0.4, -0.2) is 42.8 Å². The van der Waals surface area contributed by atoms with Gasteiger partial charge in [-0.1, -0.05) is 5.16 Å². The number of methoxy groups -OCH3 is 1. The summed E-state index contributed by atoms with van der Waals surface area (Å²) in [4.78, 5) is 2.10.